The molecule has 1 amide bonds. The number of rotatable bonds is 4. The van der Waals surface area contributed by atoms with Crippen molar-refractivity contribution >= 4 is 5.91 Å². The Morgan fingerprint density at radius 3 is 2.22 bits per heavy atom. The quantitative estimate of drug-likeness (QED) is 0.802. The van der Waals surface area contributed by atoms with Gasteiger partial charge in [-0.1, -0.05) is 57.2 Å². The maximum absolute atomic E-state index is 12.1. The fourth-order valence-corrected chi connectivity index (χ4v) is 1.93. The van der Waals surface area contributed by atoms with Crippen LogP contribution in [0.5, 0.6) is 0 Å². The van der Waals surface area contributed by atoms with Crippen molar-refractivity contribution in [3.8, 4) is 0 Å². The molecular weight excluding hydrogens is 226 g/mol. The number of carbonyl (C=O) groups is 1. The number of nitrogens with one attached hydrogen (secondary N) is 1. The van der Waals surface area contributed by atoms with Gasteiger partial charge in [0.15, 0.2) is 0 Å². The summed E-state index contributed by atoms with van der Waals surface area (Å²) in [4.78, 5) is 12.1. The Kier molecular flexibility index (Phi) is 5.35. The topological polar surface area (TPSA) is 49.3 Å². The van der Waals surface area contributed by atoms with Crippen molar-refractivity contribution in [3.05, 3.63) is 36.5 Å². The van der Waals surface area contributed by atoms with Crippen LogP contribution in [0.1, 0.15) is 27.2 Å². The first-order valence-electron chi connectivity index (χ1n) is 6.35. The van der Waals surface area contributed by atoms with Crippen LogP contribution in [0.4, 0.5) is 0 Å². The summed E-state index contributed by atoms with van der Waals surface area (Å²) in [6.45, 7) is 6.26. The minimum atomic E-state index is -0.256. The molecule has 3 heteroatoms. The average molecular weight is 249 g/mol. The largest absolute Gasteiger partial charge is 0.394 e. The summed E-state index contributed by atoms with van der Waals surface area (Å²) in [5.41, 5.74) is 0.0807. The summed E-state index contributed by atoms with van der Waals surface area (Å²) in [6, 6.07) is -0.185. The van der Waals surface area contributed by atoms with Gasteiger partial charge in [0.2, 0.25) is 5.91 Å². The highest BCUT2D eigenvalue weighted by Gasteiger charge is 2.22. The maximum Gasteiger partial charge on any atom is 0.231 e. The van der Waals surface area contributed by atoms with Crippen LogP contribution in [0.25, 0.3) is 0 Å². The standard InChI is InChI=1S/C15H23NO2/c1-15(2,3)10-13(11-17)16-14(18)12-8-6-4-5-7-9-12/h4-9,12-13,17H,10-11H2,1-3H3,(H,16,18)/t13-/m1/s1. The number of allylic oxidation sites excluding steroid dienone is 4. The molecule has 1 atom stereocenters. The predicted octanol–water partition coefficient (Wildman–Crippen LogP) is 2.20. The SMILES string of the molecule is CC(C)(C)C[C@H](CO)NC(=O)C1C=CC=CC=C1. The lowest BCUT2D eigenvalue weighted by molar-refractivity contribution is -0.123. The van der Waals surface area contributed by atoms with Crippen LogP contribution in [0.15, 0.2) is 36.5 Å². The summed E-state index contributed by atoms with van der Waals surface area (Å²) in [7, 11) is 0. The first-order chi connectivity index (χ1) is 8.42. The van der Waals surface area contributed by atoms with Gasteiger partial charge in [-0.3, -0.25) is 4.79 Å². The number of hydrogen-bond acceptors (Lipinski definition) is 2. The molecular formula is C15H23NO2. The van der Waals surface area contributed by atoms with Gasteiger partial charge in [0.1, 0.15) is 0 Å². The van der Waals surface area contributed by atoms with E-state index in [2.05, 4.69) is 26.1 Å². The molecule has 18 heavy (non-hydrogen) atoms. The van der Waals surface area contributed by atoms with Gasteiger partial charge in [-0.2, -0.15) is 0 Å². The Labute approximate surface area is 109 Å². The Hall–Kier alpha value is -1.35. The molecule has 100 valence electrons. The number of amides is 1. The molecule has 0 spiro atoms. The molecule has 0 heterocycles. The lowest BCUT2D eigenvalue weighted by Crippen LogP contribution is -2.42. The van der Waals surface area contributed by atoms with Gasteiger partial charge in [0.25, 0.3) is 0 Å². The van der Waals surface area contributed by atoms with E-state index in [-0.39, 0.29) is 29.9 Å². The summed E-state index contributed by atoms with van der Waals surface area (Å²) in [6.07, 6.45) is 12.0. The van der Waals surface area contributed by atoms with Crippen LogP contribution in [0.2, 0.25) is 0 Å². The second-order valence-corrected chi connectivity index (χ2v) is 5.83. The van der Waals surface area contributed by atoms with Crippen molar-refractivity contribution in [2.75, 3.05) is 6.61 Å². The normalized spacial score (nSPS) is 17.6. The molecule has 0 aromatic rings. The minimum Gasteiger partial charge on any atom is -0.394 e. The highest BCUT2D eigenvalue weighted by Crippen LogP contribution is 2.21. The molecule has 0 aliphatic heterocycles. The Balaban J connectivity index is 2.57. The molecule has 1 aliphatic rings. The van der Waals surface area contributed by atoms with Crippen LogP contribution in [0.3, 0.4) is 0 Å². The third-order valence-corrected chi connectivity index (χ3v) is 2.70. The number of aliphatic hydroxyl groups excluding tert-OH is 1. The molecule has 2 N–H and O–H groups in total. The molecule has 1 aliphatic carbocycles. The highest BCUT2D eigenvalue weighted by atomic mass is 16.3. The summed E-state index contributed by atoms with van der Waals surface area (Å²) >= 11 is 0. The molecule has 1 rings (SSSR count). The lowest BCUT2D eigenvalue weighted by atomic mass is 9.88. The van der Waals surface area contributed by atoms with Crippen molar-refractivity contribution in [1.29, 1.82) is 0 Å². The van der Waals surface area contributed by atoms with Gasteiger partial charge in [-0.05, 0) is 11.8 Å². The predicted molar refractivity (Wildman–Crippen MR) is 74.0 cm³/mol. The van der Waals surface area contributed by atoms with Crippen LogP contribution in [-0.2, 0) is 4.79 Å². The van der Waals surface area contributed by atoms with E-state index in [1.165, 1.54) is 0 Å². The van der Waals surface area contributed by atoms with E-state index in [1.807, 2.05) is 36.5 Å². The molecule has 0 aromatic heterocycles. The Bertz CT molecular complexity index is 345. The lowest BCUT2D eigenvalue weighted by Gasteiger charge is -2.26. The van der Waals surface area contributed by atoms with Crippen LogP contribution in [0, 0.1) is 11.3 Å². The second-order valence-electron chi connectivity index (χ2n) is 5.83. The van der Waals surface area contributed by atoms with Crippen molar-refractivity contribution in [2.45, 2.75) is 33.2 Å². The molecule has 0 fully saturated rings. The molecule has 0 radical (unpaired) electrons. The smallest absolute Gasteiger partial charge is 0.231 e. The van der Waals surface area contributed by atoms with Crippen molar-refractivity contribution in [1.82, 2.24) is 5.32 Å². The molecule has 3 nitrogen and oxygen atoms in total. The number of hydrogen-bond donors (Lipinski definition) is 2. The first kappa shape index (κ1) is 14.7. The van der Waals surface area contributed by atoms with Crippen molar-refractivity contribution < 1.29 is 9.90 Å². The maximum atomic E-state index is 12.1. The van der Waals surface area contributed by atoms with E-state index in [0.29, 0.717) is 0 Å². The highest BCUT2D eigenvalue weighted by molar-refractivity contribution is 5.82. The fraction of sp³-hybridized carbons (Fsp3) is 0.533. The Morgan fingerprint density at radius 1 is 1.22 bits per heavy atom. The van der Waals surface area contributed by atoms with Crippen LogP contribution >= 0.6 is 0 Å². The summed E-state index contributed by atoms with van der Waals surface area (Å²) in [5.74, 6) is -0.316. The second kappa shape index (κ2) is 6.55. The van der Waals surface area contributed by atoms with E-state index < -0.39 is 0 Å². The molecule has 0 bridgehead atoms. The first-order valence-corrected chi connectivity index (χ1v) is 6.35. The third kappa shape index (κ3) is 5.32. The van der Waals surface area contributed by atoms with Gasteiger partial charge in [0, 0.05) is 0 Å². The van der Waals surface area contributed by atoms with Crippen LogP contribution in [-0.4, -0.2) is 23.7 Å². The van der Waals surface area contributed by atoms with Crippen molar-refractivity contribution in [3.63, 3.8) is 0 Å². The van der Waals surface area contributed by atoms with E-state index in [9.17, 15) is 9.90 Å². The van der Waals surface area contributed by atoms with Gasteiger partial charge in [-0.25, -0.2) is 0 Å². The van der Waals surface area contributed by atoms with Crippen molar-refractivity contribution in [2.24, 2.45) is 11.3 Å². The summed E-state index contributed by atoms with van der Waals surface area (Å²) < 4.78 is 0. The summed E-state index contributed by atoms with van der Waals surface area (Å²) in [5, 5.41) is 12.2. The van der Waals surface area contributed by atoms with E-state index >= 15 is 0 Å². The van der Waals surface area contributed by atoms with E-state index in [0.717, 1.165) is 6.42 Å². The third-order valence-electron chi connectivity index (χ3n) is 2.70. The number of carbonyl (C=O) groups excluding carboxylic acids is 1. The molecule has 0 saturated heterocycles. The number of aliphatic hydroxyl groups is 1. The molecule has 0 saturated carbocycles. The monoisotopic (exact) mass is 249 g/mol. The zero-order chi connectivity index (χ0) is 13.6. The Morgan fingerprint density at radius 2 is 1.78 bits per heavy atom. The van der Waals surface area contributed by atoms with E-state index in [4.69, 9.17) is 0 Å². The van der Waals surface area contributed by atoms with Gasteiger partial charge in [0.05, 0.1) is 18.6 Å². The van der Waals surface area contributed by atoms with Gasteiger partial charge >= 0.3 is 0 Å². The van der Waals surface area contributed by atoms with Crippen LogP contribution < -0.4 is 5.32 Å². The van der Waals surface area contributed by atoms with Gasteiger partial charge < -0.3 is 10.4 Å². The van der Waals surface area contributed by atoms with Gasteiger partial charge in [-0.15, -0.1) is 0 Å². The zero-order valence-corrected chi connectivity index (χ0v) is 11.4. The van der Waals surface area contributed by atoms with E-state index in [1.54, 1.807) is 0 Å². The molecule has 0 aromatic carbocycles. The zero-order valence-electron chi connectivity index (χ0n) is 11.4. The fourth-order valence-electron chi connectivity index (χ4n) is 1.93. The minimum absolute atomic E-state index is 0.0264. The molecule has 0 unspecified atom stereocenters. The average Bonchev–Trinajstić information content (AvgIpc) is 2.54.